The summed E-state index contributed by atoms with van der Waals surface area (Å²) in [6, 6.07) is 5.60. The lowest BCUT2D eigenvalue weighted by atomic mass is 10.1. The van der Waals surface area contributed by atoms with Crippen LogP contribution in [-0.4, -0.2) is 23.0 Å². The summed E-state index contributed by atoms with van der Waals surface area (Å²) in [4.78, 5) is 19.8. The van der Waals surface area contributed by atoms with Gasteiger partial charge in [0.05, 0.1) is 30.6 Å². The predicted octanol–water partition coefficient (Wildman–Crippen LogP) is 2.32. The zero-order valence-corrected chi connectivity index (χ0v) is 11.2. The van der Waals surface area contributed by atoms with Gasteiger partial charge in [-0.3, -0.25) is 0 Å². The van der Waals surface area contributed by atoms with Crippen molar-refractivity contribution in [1.29, 1.82) is 0 Å². The number of nitrogens with one attached hydrogen (secondary N) is 1. The highest BCUT2D eigenvalue weighted by Crippen LogP contribution is 2.19. The van der Waals surface area contributed by atoms with Crippen LogP contribution in [0.1, 0.15) is 21.9 Å². The summed E-state index contributed by atoms with van der Waals surface area (Å²) in [7, 11) is 1.28. The van der Waals surface area contributed by atoms with Gasteiger partial charge in [0.2, 0.25) is 0 Å². The van der Waals surface area contributed by atoms with Gasteiger partial charge in [-0.1, -0.05) is 0 Å². The Labute approximate surface area is 115 Å². The lowest BCUT2D eigenvalue weighted by Gasteiger charge is -2.10. The Balaban J connectivity index is 2.20. The maximum absolute atomic E-state index is 13.3. The molecule has 5 nitrogen and oxygen atoms in total. The fraction of sp³-hybridized carbons (Fsp3) is 0.214. The largest absolute Gasteiger partial charge is 0.465 e. The van der Waals surface area contributed by atoms with E-state index < -0.39 is 11.8 Å². The van der Waals surface area contributed by atoms with Crippen LogP contribution in [0.2, 0.25) is 0 Å². The first-order chi connectivity index (χ1) is 9.60. The third kappa shape index (κ3) is 3.28. The topological polar surface area (TPSA) is 64.1 Å². The van der Waals surface area contributed by atoms with E-state index in [1.54, 1.807) is 19.2 Å². The van der Waals surface area contributed by atoms with Gasteiger partial charge in [-0.2, -0.15) is 0 Å². The highest BCUT2D eigenvalue weighted by Gasteiger charge is 2.12. The molecule has 0 aliphatic heterocycles. The second-order valence-corrected chi connectivity index (χ2v) is 4.13. The molecule has 0 saturated heterocycles. The second kappa shape index (κ2) is 6.10. The van der Waals surface area contributed by atoms with Crippen LogP contribution in [0.25, 0.3) is 0 Å². The molecule has 0 aliphatic carbocycles. The van der Waals surface area contributed by atoms with Crippen LogP contribution in [0.15, 0.2) is 30.5 Å². The van der Waals surface area contributed by atoms with E-state index in [1.165, 1.54) is 25.3 Å². The number of hydrogen-bond donors (Lipinski definition) is 1. The Hall–Kier alpha value is -2.50. The Morgan fingerprint density at radius 2 is 2.20 bits per heavy atom. The summed E-state index contributed by atoms with van der Waals surface area (Å²) in [6.07, 6.45) is 1.64. The molecule has 104 valence electrons. The quantitative estimate of drug-likeness (QED) is 0.867. The molecule has 1 aromatic heterocycles. The molecule has 1 aromatic carbocycles. The van der Waals surface area contributed by atoms with E-state index in [9.17, 15) is 9.18 Å². The number of aromatic nitrogens is 2. The summed E-state index contributed by atoms with van der Waals surface area (Å²) in [5.74, 6) is -0.304. The highest BCUT2D eigenvalue weighted by molar-refractivity contribution is 5.95. The first-order valence-electron chi connectivity index (χ1n) is 6.00. The molecular formula is C14H14FN3O2. The molecular weight excluding hydrogens is 261 g/mol. The fourth-order valence-electron chi connectivity index (χ4n) is 1.74. The normalized spacial score (nSPS) is 10.2. The molecule has 0 amide bonds. The van der Waals surface area contributed by atoms with Crippen LogP contribution in [0.5, 0.6) is 0 Å². The summed E-state index contributed by atoms with van der Waals surface area (Å²) >= 11 is 0. The van der Waals surface area contributed by atoms with Crippen LogP contribution >= 0.6 is 0 Å². The molecule has 2 rings (SSSR count). The van der Waals surface area contributed by atoms with Crippen LogP contribution in [-0.2, 0) is 11.3 Å². The molecule has 0 unspecified atom stereocenters. The van der Waals surface area contributed by atoms with Gasteiger partial charge in [-0.15, -0.1) is 0 Å². The average molecular weight is 275 g/mol. The van der Waals surface area contributed by atoms with Crippen LogP contribution < -0.4 is 5.32 Å². The number of methoxy groups -OCH3 is 1. The first-order valence-corrected chi connectivity index (χ1v) is 6.00. The van der Waals surface area contributed by atoms with Crippen molar-refractivity contribution in [1.82, 2.24) is 9.97 Å². The first kappa shape index (κ1) is 13.9. The number of ether oxygens (including phenoxy) is 1. The molecule has 1 N–H and O–H groups in total. The van der Waals surface area contributed by atoms with Crippen molar-refractivity contribution in [3.8, 4) is 0 Å². The molecule has 1 heterocycles. The molecule has 0 radical (unpaired) electrons. The van der Waals surface area contributed by atoms with Crippen molar-refractivity contribution < 1.29 is 13.9 Å². The molecule has 0 atom stereocenters. The minimum absolute atomic E-state index is 0.277. The Morgan fingerprint density at radius 3 is 2.90 bits per heavy atom. The van der Waals surface area contributed by atoms with Gasteiger partial charge in [0, 0.05) is 6.20 Å². The molecule has 0 fully saturated rings. The van der Waals surface area contributed by atoms with Crippen LogP contribution in [0, 0.1) is 12.7 Å². The minimum Gasteiger partial charge on any atom is -0.465 e. The zero-order valence-electron chi connectivity index (χ0n) is 11.2. The van der Waals surface area contributed by atoms with Gasteiger partial charge >= 0.3 is 5.97 Å². The number of anilines is 1. The Morgan fingerprint density at radius 1 is 1.40 bits per heavy atom. The van der Waals surface area contributed by atoms with E-state index in [4.69, 9.17) is 0 Å². The lowest BCUT2D eigenvalue weighted by Crippen LogP contribution is -2.09. The molecule has 20 heavy (non-hydrogen) atoms. The molecule has 0 saturated carbocycles. The van der Waals surface area contributed by atoms with Crippen LogP contribution in [0.3, 0.4) is 0 Å². The average Bonchev–Trinajstić information content (AvgIpc) is 2.44. The minimum atomic E-state index is -0.522. The summed E-state index contributed by atoms with van der Waals surface area (Å²) in [6.45, 7) is 2.14. The molecule has 0 aliphatic rings. The van der Waals surface area contributed by atoms with Crippen molar-refractivity contribution in [3.63, 3.8) is 0 Å². The predicted molar refractivity (Wildman–Crippen MR) is 71.8 cm³/mol. The number of aryl methyl sites for hydroxylation is 1. The van der Waals surface area contributed by atoms with Crippen molar-refractivity contribution >= 4 is 11.7 Å². The van der Waals surface area contributed by atoms with Gasteiger partial charge in [-0.25, -0.2) is 19.2 Å². The molecule has 2 aromatic rings. The number of hydrogen-bond acceptors (Lipinski definition) is 5. The monoisotopic (exact) mass is 275 g/mol. The number of carbonyl (C=O) groups is 1. The van der Waals surface area contributed by atoms with E-state index >= 15 is 0 Å². The Bertz CT molecular complexity index is 632. The third-order valence-corrected chi connectivity index (χ3v) is 2.68. The van der Waals surface area contributed by atoms with E-state index in [0.29, 0.717) is 18.1 Å². The second-order valence-electron chi connectivity index (χ2n) is 4.13. The molecule has 0 bridgehead atoms. The summed E-state index contributed by atoms with van der Waals surface area (Å²) in [5.41, 5.74) is 1.39. The number of halogens is 1. The van der Waals surface area contributed by atoms with E-state index in [1.807, 2.05) is 0 Å². The summed E-state index contributed by atoms with van der Waals surface area (Å²) < 4.78 is 17.9. The van der Waals surface area contributed by atoms with Gasteiger partial charge in [0.1, 0.15) is 11.6 Å². The highest BCUT2D eigenvalue weighted by atomic mass is 19.1. The maximum atomic E-state index is 13.3. The van der Waals surface area contributed by atoms with E-state index in [2.05, 4.69) is 20.0 Å². The number of nitrogens with zero attached hydrogens (tertiary/aromatic N) is 2. The zero-order chi connectivity index (χ0) is 14.5. The van der Waals surface area contributed by atoms with E-state index in [0.717, 1.165) is 5.69 Å². The fourth-order valence-corrected chi connectivity index (χ4v) is 1.74. The van der Waals surface area contributed by atoms with Crippen LogP contribution in [0.4, 0.5) is 10.1 Å². The van der Waals surface area contributed by atoms with Crippen molar-refractivity contribution in [2.45, 2.75) is 13.5 Å². The van der Waals surface area contributed by atoms with Gasteiger partial charge in [0.25, 0.3) is 0 Å². The van der Waals surface area contributed by atoms with E-state index in [-0.39, 0.29) is 5.56 Å². The van der Waals surface area contributed by atoms with Gasteiger partial charge in [0.15, 0.2) is 0 Å². The number of esters is 1. The maximum Gasteiger partial charge on any atom is 0.339 e. The SMILES string of the molecule is COC(=O)c1ccc(F)cc1NCc1ccnc(C)n1. The molecule has 6 heteroatoms. The van der Waals surface area contributed by atoms with Gasteiger partial charge < -0.3 is 10.1 Å². The third-order valence-electron chi connectivity index (χ3n) is 2.68. The smallest absolute Gasteiger partial charge is 0.339 e. The summed E-state index contributed by atoms with van der Waals surface area (Å²) in [5, 5.41) is 2.98. The van der Waals surface area contributed by atoms with Gasteiger partial charge in [-0.05, 0) is 31.2 Å². The lowest BCUT2D eigenvalue weighted by molar-refractivity contribution is 0.0601. The molecule has 0 spiro atoms. The number of rotatable bonds is 4. The van der Waals surface area contributed by atoms with Crippen molar-refractivity contribution in [2.75, 3.05) is 12.4 Å². The standard InChI is InChI=1S/C14H14FN3O2/c1-9-16-6-5-11(18-9)8-17-13-7-10(15)3-4-12(13)14(19)20-2/h3-7,17H,8H2,1-2H3. The Kier molecular flexibility index (Phi) is 4.24. The number of benzene rings is 1. The number of carbonyl (C=O) groups excluding carboxylic acids is 1. The van der Waals surface area contributed by atoms with Crippen molar-refractivity contribution in [2.24, 2.45) is 0 Å². The van der Waals surface area contributed by atoms with Crippen molar-refractivity contribution in [3.05, 3.63) is 53.4 Å².